The van der Waals surface area contributed by atoms with Crippen molar-refractivity contribution < 1.29 is 19.1 Å². The van der Waals surface area contributed by atoms with Crippen molar-refractivity contribution in [1.82, 2.24) is 0 Å². The Bertz CT molecular complexity index is 253. The molecule has 2 aliphatic heterocycles. The van der Waals surface area contributed by atoms with Crippen LogP contribution in [-0.4, -0.2) is 35.9 Å². The van der Waals surface area contributed by atoms with Crippen LogP contribution in [0.5, 0.6) is 0 Å². The van der Waals surface area contributed by atoms with Gasteiger partial charge in [0.1, 0.15) is 0 Å². The van der Waals surface area contributed by atoms with Gasteiger partial charge in [0, 0.05) is 0 Å². The third-order valence-electron chi connectivity index (χ3n) is 2.64. The van der Waals surface area contributed by atoms with Gasteiger partial charge in [0.25, 0.3) is 0 Å². The second-order valence-electron chi connectivity index (χ2n) is 3.42. The average Bonchev–Trinajstić information content (AvgIpc) is 2.59. The van der Waals surface area contributed by atoms with Crippen molar-refractivity contribution in [2.75, 3.05) is 13.2 Å². The molecule has 2 fully saturated rings. The lowest BCUT2D eigenvalue weighted by Gasteiger charge is -2.11. The van der Waals surface area contributed by atoms with E-state index in [1.165, 1.54) is 0 Å². The van der Waals surface area contributed by atoms with Crippen molar-refractivity contribution in [2.24, 2.45) is 11.8 Å². The summed E-state index contributed by atoms with van der Waals surface area (Å²) < 4.78 is 10.6. The highest BCUT2D eigenvalue weighted by molar-refractivity contribution is 6.64. The monoisotopic (exact) mass is 238 g/mol. The maximum atomic E-state index is 11.0. The quantitative estimate of drug-likeness (QED) is 0.660. The summed E-state index contributed by atoms with van der Waals surface area (Å²) in [5, 5.41) is -0.972. The van der Waals surface area contributed by atoms with Crippen LogP contribution < -0.4 is 0 Å². The van der Waals surface area contributed by atoms with Gasteiger partial charge in [-0.1, -0.05) is 0 Å². The first-order valence-corrected chi connectivity index (χ1v) is 4.98. The zero-order valence-corrected chi connectivity index (χ0v) is 8.62. The van der Waals surface area contributed by atoms with E-state index in [1.807, 2.05) is 0 Å². The molecule has 2 rings (SSSR count). The van der Waals surface area contributed by atoms with E-state index < -0.39 is 34.5 Å². The van der Waals surface area contributed by atoms with E-state index in [4.69, 9.17) is 32.7 Å². The highest BCUT2D eigenvalue weighted by Gasteiger charge is 2.51. The molecule has 0 amide bonds. The highest BCUT2D eigenvalue weighted by Crippen LogP contribution is 2.36. The van der Waals surface area contributed by atoms with E-state index in [1.54, 1.807) is 0 Å². The maximum absolute atomic E-state index is 11.0. The summed E-state index contributed by atoms with van der Waals surface area (Å²) in [6.07, 6.45) is -0.819. The summed E-state index contributed by atoms with van der Waals surface area (Å²) in [5.74, 6) is -0.939. The van der Waals surface area contributed by atoms with Crippen LogP contribution in [0.2, 0.25) is 0 Å². The summed E-state index contributed by atoms with van der Waals surface area (Å²) in [6.45, 7) is 0.413. The molecule has 2 aliphatic rings. The lowest BCUT2D eigenvalue weighted by Crippen LogP contribution is -2.30. The Hall–Kier alpha value is -0.160. The van der Waals surface area contributed by atoms with Gasteiger partial charge in [-0.05, 0) is 23.2 Å². The predicted octanol–water partition coefficient (Wildman–Crippen LogP) is 0.547. The zero-order valence-electron chi connectivity index (χ0n) is 7.11. The van der Waals surface area contributed by atoms with Gasteiger partial charge in [-0.2, -0.15) is 0 Å². The summed E-state index contributed by atoms with van der Waals surface area (Å²) in [5.41, 5.74) is 0. The van der Waals surface area contributed by atoms with Crippen molar-refractivity contribution in [1.29, 1.82) is 0 Å². The average molecular weight is 239 g/mol. The fourth-order valence-corrected chi connectivity index (χ4v) is 2.26. The first kappa shape index (κ1) is 10.4. The van der Waals surface area contributed by atoms with Gasteiger partial charge in [0.2, 0.25) is 10.5 Å². The van der Waals surface area contributed by atoms with Crippen molar-refractivity contribution in [2.45, 2.75) is 12.2 Å². The minimum Gasteiger partial charge on any atom is -0.374 e. The maximum Gasteiger partial charge on any atom is 0.229 e. The molecule has 0 aromatic carbocycles. The van der Waals surface area contributed by atoms with Crippen molar-refractivity contribution >= 4 is 33.7 Å². The molecule has 0 aromatic rings. The number of carbonyl (C=O) groups excluding carboxylic acids is 2. The van der Waals surface area contributed by atoms with Gasteiger partial charge in [-0.25, -0.2) is 0 Å². The van der Waals surface area contributed by atoms with Crippen LogP contribution in [0.1, 0.15) is 0 Å². The molecule has 0 spiro atoms. The second-order valence-corrected chi connectivity index (χ2v) is 4.16. The Balaban J connectivity index is 2.11. The zero-order chi connectivity index (χ0) is 10.3. The largest absolute Gasteiger partial charge is 0.374 e. The van der Waals surface area contributed by atoms with Crippen LogP contribution in [0.4, 0.5) is 0 Å². The fourth-order valence-electron chi connectivity index (χ4n) is 1.89. The molecule has 0 bridgehead atoms. The number of halogens is 2. The van der Waals surface area contributed by atoms with Crippen LogP contribution in [0, 0.1) is 11.8 Å². The molecule has 4 atom stereocenters. The highest BCUT2D eigenvalue weighted by atomic mass is 35.5. The molecule has 6 heteroatoms. The van der Waals surface area contributed by atoms with Crippen LogP contribution in [-0.2, 0) is 19.1 Å². The standard InChI is InChI=1S/C8H8Cl2O4/c9-7(11)3-1-13-6-4(8(10)12)2-14-5(3)6/h3-6H,1-2H2/t3-,4-,5?,6?/m1/s1. The third kappa shape index (κ3) is 1.56. The van der Waals surface area contributed by atoms with Gasteiger partial charge in [-0.15, -0.1) is 0 Å². The van der Waals surface area contributed by atoms with Gasteiger partial charge >= 0.3 is 0 Å². The van der Waals surface area contributed by atoms with E-state index >= 15 is 0 Å². The van der Waals surface area contributed by atoms with Crippen LogP contribution in [0.3, 0.4) is 0 Å². The summed E-state index contributed by atoms with van der Waals surface area (Å²) in [4.78, 5) is 21.9. The topological polar surface area (TPSA) is 52.6 Å². The summed E-state index contributed by atoms with van der Waals surface area (Å²) in [6, 6.07) is 0. The fraction of sp³-hybridized carbons (Fsp3) is 0.750. The summed E-state index contributed by atoms with van der Waals surface area (Å²) in [7, 11) is 0. The number of ether oxygens (including phenoxy) is 2. The molecular weight excluding hydrogens is 231 g/mol. The number of rotatable bonds is 2. The molecule has 0 N–H and O–H groups in total. The van der Waals surface area contributed by atoms with Crippen LogP contribution in [0.15, 0.2) is 0 Å². The van der Waals surface area contributed by atoms with E-state index in [-0.39, 0.29) is 13.2 Å². The van der Waals surface area contributed by atoms with Gasteiger partial charge < -0.3 is 9.47 Å². The van der Waals surface area contributed by atoms with E-state index in [0.717, 1.165) is 0 Å². The molecule has 2 unspecified atom stereocenters. The molecule has 0 aromatic heterocycles. The van der Waals surface area contributed by atoms with Gasteiger partial charge in [0.15, 0.2) is 0 Å². The summed E-state index contributed by atoms with van der Waals surface area (Å²) >= 11 is 10.7. The molecular formula is C8H8Cl2O4. The SMILES string of the molecule is O=C(Cl)[C@@H]1COC2C1OC[C@H]2C(=O)Cl. The Morgan fingerprint density at radius 2 is 1.29 bits per heavy atom. The molecule has 14 heavy (non-hydrogen) atoms. The van der Waals surface area contributed by atoms with Crippen LogP contribution in [0.25, 0.3) is 0 Å². The molecule has 78 valence electrons. The van der Waals surface area contributed by atoms with E-state index in [9.17, 15) is 9.59 Å². The molecule has 2 heterocycles. The minimum absolute atomic E-state index is 0.207. The lowest BCUT2D eigenvalue weighted by atomic mass is 9.98. The first-order chi connectivity index (χ1) is 6.61. The Morgan fingerprint density at radius 3 is 1.57 bits per heavy atom. The Morgan fingerprint density at radius 1 is 0.929 bits per heavy atom. The van der Waals surface area contributed by atoms with Gasteiger partial charge in [0.05, 0.1) is 37.3 Å². The molecule has 4 nitrogen and oxygen atoms in total. The number of fused-ring (bicyclic) bond motifs is 1. The van der Waals surface area contributed by atoms with Crippen LogP contribution >= 0.6 is 23.2 Å². The van der Waals surface area contributed by atoms with E-state index in [2.05, 4.69) is 0 Å². The predicted molar refractivity (Wildman–Crippen MR) is 48.2 cm³/mol. The number of hydrogen-bond acceptors (Lipinski definition) is 4. The molecule has 2 saturated heterocycles. The lowest BCUT2D eigenvalue weighted by molar-refractivity contribution is -0.118. The number of carbonyl (C=O) groups is 2. The number of hydrogen-bond donors (Lipinski definition) is 0. The smallest absolute Gasteiger partial charge is 0.229 e. The minimum atomic E-state index is -0.486. The van der Waals surface area contributed by atoms with E-state index in [0.29, 0.717) is 0 Å². The third-order valence-corrected chi connectivity index (χ3v) is 3.20. The van der Waals surface area contributed by atoms with Crippen molar-refractivity contribution in [3.05, 3.63) is 0 Å². The Labute approximate surface area is 90.4 Å². The van der Waals surface area contributed by atoms with Gasteiger partial charge in [-0.3, -0.25) is 9.59 Å². The van der Waals surface area contributed by atoms with Crippen molar-refractivity contribution in [3.63, 3.8) is 0 Å². The normalized spacial score (nSPS) is 41.0. The molecule has 0 aliphatic carbocycles. The molecule has 0 saturated carbocycles. The second kappa shape index (κ2) is 3.77. The van der Waals surface area contributed by atoms with Crippen molar-refractivity contribution in [3.8, 4) is 0 Å². The Kier molecular flexibility index (Phi) is 2.79. The first-order valence-electron chi connectivity index (χ1n) is 4.23. The molecule has 0 radical (unpaired) electrons.